The molecule has 0 bridgehead atoms. The molecule has 2 aromatic rings. The van der Waals surface area contributed by atoms with Crippen molar-refractivity contribution in [3.63, 3.8) is 0 Å². The first-order valence-corrected chi connectivity index (χ1v) is 19.5. The Morgan fingerprint density at radius 3 is 1.98 bits per heavy atom. The topological polar surface area (TPSA) is 72.5 Å². The van der Waals surface area contributed by atoms with Crippen molar-refractivity contribution in [1.29, 1.82) is 0 Å². The second kappa shape index (κ2) is 12.0. The summed E-state index contributed by atoms with van der Waals surface area (Å²) >= 11 is 0. The number of sulfone groups is 1. The second-order valence-electron chi connectivity index (χ2n) is 13.4. The molecule has 3 atom stereocenters. The molecule has 1 fully saturated rings. The molecule has 2 aromatic carbocycles. The standard InChI is InChI=1S/C30H45F2NO4S2Si/c1-28(2,3)38(34)33-26(27(32)39(35,36)25-12-10-9-11-13-25)30(22-14-16-23(31)17-15-22)20-18-24(19-21-30)37-40(7,8)29(4,5)6/h9-17,24,26-27,33H,18-21H2,1-8H3/t24?,26-,27?,30?,38?/m0/s1. The molecule has 0 saturated heterocycles. The van der Waals surface area contributed by atoms with Crippen LogP contribution in [0.5, 0.6) is 0 Å². The molecule has 1 aliphatic rings. The normalized spacial score (nSPS) is 23.4. The molecule has 0 heterocycles. The van der Waals surface area contributed by atoms with Gasteiger partial charge >= 0.3 is 0 Å². The van der Waals surface area contributed by atoms with Crippen LogP contribution < -0.4 is 4.72 Å². The van der Waals surface area contributed by atoms with Gasteiger partial charge in [0.25, 0.3) is 0 Å². The lowest BCUT2D eigenvalue weighted by Crippen LogP contribution is -2.59. The van der Waals surface area contributed by atoms with Crippen LogP contribution >= 0.6 is 0 Å². The maximum Gasteiger partial charge on any atom is 0.222 e. The van der Waals surface area contributed by atoms with E-state index in [9.17, 15) is 17.0 Å². The summed E-state index contributed by atoms with van der Waals surface area (Å²) in [5, 5.41) is 0.0139. The number of nitrogens with one attached hydrogen (secondary N) is 1. The van der Waals surface area contributed by atoms with Gasteiger partial charge in [0.1, 0.15) is 5.82 Å². The molecule has 224 valence electrons. The fourth-order valence-electron chi connectivity index (χ4n) is 5.01. The smallest absolute Gasteiger partial charge is 0.222 e. The highest BCUT2D eigenvalue weighted by Gasteiger charge is 2.53. The molecular formula is C30H45F2NO4S2Si. The molecule has 0 spiro atoms. The number of hydrogen-bond donors (Lipinski definition) is 1. The molecule has 0 aliphatic heterocycles. The lowest BCUT2D eigenvalue weighted by Gasteiger charge is -2.49. The zero-order valence-corrected chi connectivity index (χ0v) is 27.6. The van der Waals surface area contributed by atoms with Crippen molar-refractivity contribution in [2.45, 2.75) is 118 Å². The number of halogens is 2. The van der Waals surface area contributed by atoms with Gasteiger partial charge in [-0.25, -0.2) is 26.1 Å². The quantitative estimate of drug-likeness (QED) is 0.303. The monoisotopic (exact) mass is 613 g/mol. The van der Waals surface area contributed by atoms with Gasteiger partial charge in [0.05, 0.1) is 26.7 Å². The minimum absolute atomic E-state index is 0.0139. The largest absolute Gasteiger partial charge is 0.414 e. The minimum Gasteiger partial charge on any atom is -0.414 e. The highest BCUT2D eigenvalue weighted by Crippen LogP contribution is 2.48. The SMILES string of the molecule is CC(C)(C)S(=O)N[C@@H](C(F)S(=O)(=O)c1ccccc1)C1(c2ccc(F)cc2)CCC(O[Si](C)(C)C(C)(C)C)CC1. The number of rotatable bonds is 9. The van der Waals surface area contributed by atoms with E-state index in [1.807, 2.05) is 0 Å². The molecule has 1 aliphatic carbocycles. The van der Waals surface area contributed by atoms with E-state index in [4.69, 9.17) is 4.43 Å². The number of hydrogen-bond acceptors (Lipinski definition) is 4. The van der Waals surface area contributed by atoms with Crippen molar-refractivity contribution in [2.75, 3.05) is 0 Å². The Labute approximate surface area is 243 Å². The molecule has 1 N–H and O–H groups in total. The summed E-state index contributed by atoms with van der Waals surface area (Å²) in [5.41, 5.74) is -2.85. The molecule has 2 unspecified atom stereocenters. The zero-order valence-electron chi connectivity index (χ0n) is 25.0. The molecule has 5 nitrogen and oxygen atoms in total. The van der Waals surface area contributed by atoms with E-state index in [0.29, 0.717) is 31.2 Å². The lowest BCUT2D eigenvalue weighted by molar-refractivity contribution is 0.0813. The third-order valence-corrected chi connectivity index (χ3v) is 16.4. The van der Waals surface area contributed by atoms with E-state index in [2.05, 4.69) is 38.6 Å². The van der Waals surface area contributed by atoms with E-state index in [1.165, 1.54) is 24.3 Å². The van der Waals surface area contributed by atoms with Gasteiger partial charge in [0, 0.05) is 11.5 Å². The van der Waals surface area contributed by atoms with Crippen molar-refractivity contribution in [2.24, 2.45) is 0 Å². The van der Waals surface area contributed by atoms with Crippen LogP contribution in [-0.2, 0) is 30.7 Å². The summed E-state index contributed by atoms with van der Waals surface area (Å²) in [6, 6.07) is 12.0. The highest BCUT2D eigenvalue weighted by molar-refractivity contribution is 7.92. The van der Waals surface area contributed by atoms with Gasteiger partial charge in [-0.15, -0.1) is 0 Å². The van der Waals surface area contributed by atoms with Gasteiger partial charge in [-0.3, -0.25) is 0 Å². The molecule has 3 rings (SSSR count). The Hall–Kier alpha value is -1.46. The second-order valence-corrected chi connectivity index (χ2v) is 22.2. The van der Waals surface area contributed by atoms with Crippen LogP contribution in [0.15, 0.2) is 59.5 Å². The molecule has 0 radical (unpaired) electrons. The van der Waals surface area contributed by atoms with Crippen LogP contribution in [0.2, 0.25) is 18.1 Å². The van der Waals surface area contributed by atoms with Crippen molar-refractivity contribution in [3.05, 3.63) is 66.0 Å². The number of benzene rings is 2. The molecular weight excluding hydrogens is 569 g/mol. The minimum atomic E-state index is -4.46. The summed E-state index contributed by atoms with van der Waals surface area (Å²) in [6.07, 6.45) is 1.86. The number of alkyl halides is 1. The average Bonchev–Trinajstić information content (AvgIpc) is 2.87. The Kier molecular flexibility index (Phi) is 9.94. The summed E-state index contributed by atoms with van der Waals surface area (Å²) in [6.45, 7) is 16.2. The third kappa shape index (κ3) is 7.11. The van der Waals surface area contributed by atoms with Crippen molar-refractivity contribution in [3.8, 4) is 0 Å². The lowest BCUT2D eigenvalue weighted by atomic mass is 9.64. The van der Waals surface area contributed by atoms with E-state index in [-0.39, 0.29) is 16.0 Å². The third-order valence-electron chi connectivity index (χ3n) is 8.53. The average molecular weight is 614 g/mol. The molecule has 40 heavy (non-hydrogen) atoms. The molecule has 1 saturated carbocycles. The van der Waals surface area contributed by atoms with E-state index >= 15 is 4.39 Å². The predicted octanol–water partition coefficient (Wildman–Crippen LogP) is 7.22. The summed E-state index contributed by atoms with van der Waals surface area (Å²) in [4.78, 5) is -0.139. The van der Waals surface area contributed by atoms with Crippen LogP contribution in [0.4, 0.5) is 8.78 Å². The molecule has 10 heteroatoms. The van der Waals surface area contributed by atoms with Crippen LogP contribution in [0.1, 0.15) is 72.8 Å². The van der Waals surface area contributed by atoms with Gasteiger partial charge in [-0.05, 0) is 94.4 Å². The first kappa shape index (κ1) is 33.0. The Balaban J connectivity index is 2.11. The Morgan fingerprint density at radius 2 is 1.50 bits per heavy atom. The Bertz CT molecular complexity index is 1270. The van der Waals surface area contributed by atoms with Crippen LogP contribution in [0.3, 0.4) is 0 Å². The van der Waals surface area contributed by atoms with Gasteiger partial charge < -0.3 is 4.43 Å². The van der Waals surface area contributed by atoms with Crippen LogP contribution in [0, 0.1) is 5.82 Å². The first-order chi connectivity index (χ1) is 18.3. The summed E-state index contributed by atoms with van der Waals surface area (Å²) in [5.74, 6) is -0.440. The zero-order chi connectivity index (χ0) is 30.1. The highest BCUT2D eigenvalue weighted by atomic mass is 32.2. The van der Waals surface area contributed by atoms with Crippen LogP contribution in [-0.4, -0.2) is 43.3 Å². The van der Waals surface area contributed by atoms with Crippen molar-refractivity contribution in [1.82, 2.24) is 4.72 Å². The molecule has 0 amide bonds. The summed E-state index contributed by atoms with van der Waals surface area (Å²) in [7, 11) is -8.31. The Morgan fingerprint density at radius 1 is 0.975 bits per heavy atom. The van der Waals surface area contributed by atoms with E-state index in [1.54, 1.807) is 51.1 Å². The first-order valence-electron chi connectivity index (χ1n) is 13.9. The van der Waals surface area contributed by atoms with E-state index < -0.39 is 56.7 Å². The fraction of sp³-hybridized carbons (Fsp3) is 0.600. The molecule has 0 aromatic heterocycles. The van der Waals surface area contributed by atoms with Gasteiger partial charge in [0.2, 0.25) is 15.3 Å². The van der Waals surface area contributed by atoms with Crippen molar-refractivity contribution < 1.29 is 25.8 Å². The van der Waals surface area contributed by atoms with Gasteiger partial charge in [-0.1, -0.05) is 51.1 Å². The fourth-order valence-corrected chi connectivity index (χ4v) is 8.93. The van der Waals surface area contributed by atoms with E-state index in [0.717, 1.165) is 0 Å². The maximum atomic E-state index is 16.7. The predicted molar refractivity (Wildman–Crippen MR) is 162 cm³/mol. The summed E-state index contributed by atoms with van der Waals surface area (Å²) < 4.78 is 80.3. The van der Waals surface area contributed by atoms with Crippen LogP contribution in [0.25, 0.3) is 0 Å². The van der Waals surface area contributed by atoms with Crippen molar-refractivity contribution >= 4 is 29.1 Å². The van der Waals surface area contributed by atoms with Gasteiger partial charge in [0.15, 0.2) is 8.32 Å². The maximum absolute atomic E-state index is 16.7. The van der Waals surface area contributed by atoms with Gasteiger partial charge in [-0.2, -0.15) is 0 Å².